The van der Waals surface area contributed by atoms with E-state index >= 15 is 0 Å². The normalized spacial score (nSPS) is 20.8. The number of hydrogen-bond donors (Lipinski definition) is 0. The summed E-state index contributed by atoms with van der Waals surface area (Å²) in [5.41, 5.74) is 4.10. The molecule has 31 heavy (non-hydrogen) atoms. The summed E-state index contributed by atoms with van der Waals surface area (Å²) in [6.07, 6.45) is 11.5. The van der Waals surface area contributed by atoms with E-state index in [1.165, 1.54) is 0 Å². The average Bonchev–Trinajstić information content (AvgIpc) is 3.71. The Morgan fingerprint density at radius 1 is 1.23 bits per heavy atom. The van der Waals surface area contributed by atoms with Gasteiger partial charge in [0.05, 0.1) is 11.3 Å². The lowest BCUT2D eigenvalue weighted by Crippen LogP contribution is -2.54. The van der Waals surface area contributed by atoms with E-state index in [4.69, 9.17) is 11.4 Å². The number of piperazine rings is 1. The molecule has 0 unspecified atom stereocenters. The molecule has 2 aliphatic carbocycles. The molecule has 0 aromatic carbocycles. The lowest BCUT2D eigenvalue weighted by molar-refractivity contribution is -0.134. The van der Waals surface area contributed by atoms with Gasteiger partial charge in [0.2, 0.25) is 5.91 Å². The number of carbonyl (C=O) groups is 1. The molecular weight excluding hydrogens is 386 g/mol. The number of nitriles is 1. The van der Waals surface area contributed by atoms with Gasteiger partial charge in [-0.05, 0) is 56.4 Å². The Kier molecular flexibility index (Phi) is 4.87. The number of anilines is 1. The molecule has 5 rings (SSSR count). The highest BCUT2D eigenvalue weighted by Crippen LogP contribution is 2.45. The van der Waals surface area contributed by atoms with Gasteiger partial charge in [-0.2, -0.15) is 5.26 Å². The number of carbonyl (C=O) groups excluding carboxylic acids is 1. The van der Waals surface area contributed by atoms with Crippen molar-refractivity contribution in [3.8, 4) is 29.5 Å². The maximum absolute atomic E-state index is 12.6. The fourth-order valence-corrected chi connectivity index (χ4v) is 4.46. The van der Waals surface area contributed by atoms with Crippen LogP contribution in [0.15, 0.2) is 24.4 Å². The van der Waals surface area contributed by atoms with Crippen LogP contribution in [0.1, 0.15) is 55.5 Å². The first-order chi connectivity index (χ1) is 15.1. The number of aromatic nitrogens is 2. The second-order valence-corrected chi connectivity index (χ2v) is 8.85. The van der Waals surface area contributed by atoms with Gasteiger partial charge in [-0.1, -0.05) is 5.92 Å². The van der Waals surface area contributed by atoms with Crippen molar-refractivity contribution in [1.82, 2.24) is 14.9 Å². The third kappa shape index (κ3) is 3.75. The van der Waals surface area contributed by atoms with Crippen LogP contribution in [0, 0.1) is 29.6 Å². The zero-order chi connectivity index (χ0) is 21.5. The molecule has 0 radical (unpaired) electrons. The van der Waals surface area contributed by atoms with Gasteiger partial charge in [-0.15, -0.1) is 6.42 Å². The smallest absolute Gasteiger partial charge is 0.226 e. The minimum absolute atomic E-state index is 0.109. The van der Waals surface area contributed by atoms with E-state index in [-0.39, 0.29) is 17.9 Å². The van der Waals surface area contributed by atoms with Crippen LogP contribution in [0.25, 0.3) is 11.1 Å². The van der Waals surface area contributed by atoms with Crippen LogP contribution >= 0.6 is 0 Å². The number of hydrogen-bond acceptors (Lipinski definition) is 5. The minimum atomic E-state index is 0.109. The molecule has 0 bridgehead atoms. The Morgan fingerprint density at radius 2 is 2.03 bits per heavy atom. The molecule has 6 heteroatoms. The first-order valence-corrected chi connectivity index (χ1v) is 11.0. The maximum atomic E-state index is 12.6. The maximum Gasteiger partial charge on any atom is 0.226 e. The number of rotatable bonds is 4. The predicted octanol–water partition coefficient (Wildman–Crippen LogP) is 3.32. The SMILES string of the molecule is C#Cc1cc(-c2cc(C#N)c(N3CCN(C(=O)C4CC4)[C@H](C)C3)nc2C2CC2)ccn1. The van der Waals surface area contributed by atoms with Crippen molar-refractivity contribution < 1.29 is 4.79 Å². The van der Waals surface area contributed by atoms with Crippen molar-refractivity contribution in [2.24, 2.45) is 5.92 Å². The molecular formula is C25H25N5O. The number of nitrogens with zero attached hydrogens (tertiary/aromatic N) is 5. The topological polar surface area (TPSA) is 73.1 Å². The molecule has 1 saturated heterocycles. The summed E-state index contributed by atoms with van der Waals surface area (Å²) in [6, 6.07) is 8.23. The van der Waals surface area contributed by atoms with Gasteiger partial charge >= 0.3 is 0 Å². The number of amides is 1. The van der Waals surface area contributed by atoms with Crippen LogP contribution in [-0.4, -0.2) is 46.5 Å². The van der Waals surface area contributed by atoms with Gasteiger partial charge in [-0.3, -0.25) is 4.79 Å². The van der Waals surface area contributed by atoms with E-state index in [9.17, 15) is 10.1 Å². The molecule has 3 aliphatic rings. The Bertz CT molecular complexity index is 1120. The van der Waals surface area contributed by atoms with Gasteiger partial charge in [-0.25, -0.2) is 9.97 Å². The lowest BCUT2D eigenvalue weighted by Gasteiger charge is -2.41. The van der Waals surface area contributed by atoms with Crippen molar-refractivity contribution in [2.75, 3.05) is 24.5 Å². The van der Waals surface area contributed by atoms with Crippen LogP contribution in [0.4, 0.5) is 5.82 Å². The summed E-state index contributed by atoms with van der Waals surface area (Å²) in [7, 11) is 0. The molecule has 1 atom stereocenters. The van der Waals surface area contributed by atoms with Crippen molar-refractivity contribution in [1.29, 1.82) is 5.26 Å². The summed E-state index contributed by atoms with van der Waals surface area (Å²) in [5.74, 6) is 4.26. The van der Waals surface area contributed by atoms with E-state index in [0.717, 1.165) is 48.3 Å². The van der Waals surface area contributed by atoms with Crippen molar-refractivity contribution in [2.45, 2.75) is 44.6 Å². The Labute approximate surface area is 182 Å². The summed E-state index contributed by atoms with van der Waals surface area (Å²) < 4.78 is 0. The molecule has 0 N–H and O–H groups in total. The first kappa shape index (κ1) is 19.6. The molecule has 0 spiro atoms. The molecule has 2 saturated carbocycles. The van der Waals surface area contributed by atoms with Gasteiger partial charge in [0.15, 0.2) is 0 Å². The Hall–Kier alpha value is -3.38. The van der Waals surface area contributed by atoms with Crippen molar-refractivity contribution >= 4 is 11.7 Å². The Morgan fingerprint density at radius 3 is 2.68 bits per heavy atom. The highest BCUT2D eigenvalue weighted by Gasteiger charge is 2.38. The van der Waals surface area contributed by atoms with Gasteiger partial charge < -0.3 is 9.80 Å². The third-order valence-electron chi connectivity index (χ3n) is 6.47. The highest BCUT2D eigenvalue weighted by atomic mass is 16.2. The molecule has 3 heterocycles. The second kappa shape index (κ2) is 7.71. The van der Waals surface area contributed by atoms with Crippen LogP contribution in [-0.2, 0) is 4.79 Å². The van der Waals surface area contributed by atoms with Crippen LogP contribution < -0.4 is 4.90 Å². The van der Waals surface area contributed by atoms with Gasteiger partial charge in [0.25, 0.3) is 0 Å². The van der Waals surface area contributed by atoms with Crippen molar-refractivity contribution in [3.63, 3.8) is 0 Å². The molecule has 2 aromatic heterocycles. The van der Waals surface area contributed by atoms with E-state index in [0.29, 0.717) is 36.8 Å². The standard InChI is InChI=1S/C25H25N5O/c1-3-21-12-19(8-9-27-21)22-13-20(14-26)24(28-23(22)17-4-5-17)29-10-11-30(16(2)15-29)25(31)18-6-7-18/h1,8-9,12-13,16-18H,4-7,10-11,15H2,2H3/t16-/m1/s1. The highest BCUT2D eigenvalue weighted by molar-refractivity contribution is 5.81. The van der Waals surface area contributed by atoms with Crippen LogP contribution in [0.5, 0.6) is 0 Å². The second-order valence-electron chi connectivity index (χ2n) is 8.85. The zero-order valence-corrected chi connectivity index (χ0v) is 17.7. The van der Waals surface area contributed by atoms with Crippen LogP contribution in [0.2, 0.25) is 0 Å². The van der Waals surface area contributed by atoms with E-state index < -0.39 is 0 Å². The van der Waals surface area contributed by atoms with Crippen LogP contribution in [0.3, 0.4) is 0 Å². The largest absolute Gasteiger partial charge is 0.352 e. The van der Waals surface area contributed by atoms with Gasteiger partial charge in [0, 0.05) is 49.3 Å². The zero-order valence-electron chi connectivity index (χ0n) is 17.7. The molecule has 1 aliphatic heterocycles. The molecule has 156 valence electrons. The predicted molar refractivity (Wildman–Crippen MR) is 118 cm³/mol. The molecule has 1 amide bonds. The fraction of sp³-hybridized carbons (Fsp3) is 0.440. The molecule has 2 aromatic rings. The summed E-state index contributed by atoms with van der Waals surface area (Å²) in [5, 5.41) is 9.93. The molecule has 6 nitrogen and oxygen atoms in total. The first-order valence-electron chi connectivity index (χ1n) is 11.0. The lowest BCUT2D eigenvalue weighted by atomic mass is 9.99. The number of pyridine rings is 2. The monoisotopic (exact) mass is 411 g/mol. The summed E-state index contributed by atoms with van der Waals surface area (Å²) in [6.45, 7) is 4.16. The van der Waals surface area contributed by atoms with Crippen molar-refractivity contribution in [3.05, 3.63) is 41.3 Å². The van der Waals surface area contributed by atoms with E-state index in [2.05, 4.69) is 28.8 Å². The van der Waals surface area contributed by atoms with E-state index in [1.54, 1.807) is 6.20 Å². The molecule has 3 fully saturated rings. The minimum Gasteiger partial charge on any atom is -0.352 e. The Balaban J connectivity index is 1.48. The van der Waals surface area contributed by atoms with E-state index in [1.807, 2.05) is 23.1 Å². The average molecular weight is 412 g/mol. The summed E-state index contributed by atoms with van der Waals surface area (Å²) >= 11 is 0. The van der Waals surface area contributed by atoms with Gasteiger partial charge in [0.1, 0.15) is 17.6 Å². The third-order valence-corrected chi connectivity index (χ3v) is 6.47. The quantitative estimate of drug-likeness (QED) is 0.722. The fourth-order valence-electron chi connectivity index (χ4n) is 4.46. The summed E-state index contributed by atoms with van der Waals surface area (Å²) in [4.78, 5) is 26.0. The number of terminal acetylenes is 1.